The summed E-state index contributed by atoms with van der Waals surface area (Å²) in [5.74, 6) is 0.0254. The maximum atomic E-state index is 13.3. The monoisotopic (exact) mass is 418 g/mol. The number of nitrogens with one attached hydrogen (secondary N) is 1. The van der Waals surface area contributed by atoms with Crippen LogP contribution < -0.4 is 10.9 Å². The SMILES string of the molecule is Cc1ccc2c(CN3C(=O)N[C@@](C)(c4ccc(C(C)C)cc4)C3=O)cc(=O)oc2c1C. The van der Waals surface area contributed by atoms with Crippen LogP contribution in [0.25, 0.3) is 11.0 Å². The number of hydrogen-bond acceptors (Lipinski definition) is 4. The summed E-state index contributed by atoms with van der Waals surface area (Å²) < 4.78 is 5.41. The van der Waals surface area contributed by atoms with E-state index in [1.165, 1.54) is 11.0 Å². The molecule has 1 N–H and O–H groups in total. The number of nitrogens with zero attached hydrogens (tertiary/aromatic N) is 1. The second-order valence-corrected chi connectivity index (χ2v) is 8.70. The molecule has 2 aromatic carbocycles. The van der Waals surface area contributed by atoms with Crippen LogP contribution in [0, 0.1) is 13.8 Å². The second kappa shape index (κ2) is 7.38. The van der Waals surface area contributed by atoms with Gasteiger partial charge < -0.3 is 9.73 Å². The van der Waals surface area contributed by atoms with E-state index in [4.69, 9.17) is 4.42 Å². The molecule has 6 nitrogen and oxygen atoms in total. The van der Waals surface area contributed by atoms with E-state index in [1.54, 1.807) is 6.92 Å². The highest BCUT2D eigenvalue weighted by molar-refractivity contribution is 6.07. The molecule has 1 aliphatic rings. The highest BCUT2D eigenvalue weighted by Gasteiger charge is 2.49. The smallest absolute Gasteiger partial charge is 0.336 e. The zero-order valence-electron chi connectivity index (χ0n) is 18.4. The molecule has 3 aromatic rings. The Balaban J connectivity index is 1.71. The third kappa shape index (κ3) is 3.42. The van der Waals surface area contributed by atoms with E-state index in [0.29, 0.717) is 17.1 Å². The highest BCUT2D eigenvalue weighted by Crippen LogP contribution is 2.32. The van der Waals surface area contributed by atoms with Gasteiger partial charge in [-0.25, -0.2) is 9.59 Å². The molecule has 31 heavy (non-hydrogen) atoms. The van der Waals surface area contributed by atoms with Gasteiger partial charge in [0.1, 0.15) is 11.1 Å². The summed E-state index contributed by atoms with van der Waals surface area (Å²) in [5.41, 5.74) is 3.16. The van der Waals surface area contributed by atoms with E-state index in [1.807, 2.05) is 50.2 Å². The molecule has 0 aliphatic carbocycles. The van der Waals surface area contributed by atoms with Crippen molar-refractivity contribution in [1.82, 2.24) is 10.2 Å². The number of hydrogen-bond donors (Lipinski definition) is 1. The first-order chi connectivity index (χ1) is 14.6. The van der Waals surface area contributed by atoms with Crippen molar-refractivity contribution in [2.45, 2.75) is 52.6 Å². The van der Waals surface area contributed by atoms with Gasteiger partial charge in [-0.1, -0.05) is 50.2 Å². The summed E-state index contributed by atoms with van der Waals surface area (Å²) in [6.07, 6.45) is 0. The lowest BCUT2D eigenvalue weighted by Crippen LogP contribution is -2.40. The fourth-order valence-corrected chi connectivity index (χ4v) is 4.06. The van der Waals surface area contributed by atoms with Crippen LogP contribution in [-0.2, 0) is 16.9 Å². The number of imide groups is 1. The van der Waals surface area contributed by atoms with Gasteiger partial charge in [0, 0.05) is 11.5 Å². The van der Waals surface area contributed by atoms with E-state index >= 15 is 0 Å². The van der Waals surface area contributed by atoms with E-state index in [2.05, 4.69) is 19.2 Å². The van der Waals surface area contributed by atoms with E-state index < -0.39 is 17.2 Å². The molecule has 1 fully saturated rings. The van der Waals surface area contributed by atoms with Gasteiger partial charge >= 0.3 is 11.7 Å². The van der Waals surface area contributed by atoms with Gasteiger partial charge in [-0.05, 0) is 54.5 Å². The lowest BCUT2D eigenvalue weighted by atomic mass is 9.90. The number of carbonyl (C=O) groups excluding carboxylic acids is 2. The minimum Gasteiger partial charge on any atom is -0.422 e. The predicted molar refractivity (Wildman–Crippen MR) is 119 cm³/mol. The maximum absolute atomic E-state index is 13.3. The van der Waals surface area contributed by atoms with E-state index in [9.17, 15) is 14.4 Å². The number of fused-ring (bicyclic) bond motifs is 1. The molecule has 0 radical (unpaired) electrons. The van der Waals surface area contributed by atoms with Crippen molar-refractivity contribution >= 4 is 22.9 Å². The fourth-order valence-electron chi connectivity index (χ4n) is 4.06. The summed E-state index contributed by atoms with van der Waals surface area (Å²) in [6.45, 7) is 9.73. The topological polar surface area (TPSA) is 79.6 Å². The first kappa shape index (κ1) is 20.8. The summed E-state index contributed by atoms with van der Waals surface area (Å²) in [4.78, 5) is 39.5. The second-order valence-electron chi connectivity index (χ2n) is 8.70. The van der Waals surface area contributed by atoms with Crippen LogP contribution in [-0.4, -0.2) is 16.8 Å². The van der Waals surface area contributed by atoms with Gasteiger partial charge in [0.05, 0.1) is 6.54 Å². The quantitative estimate of drug-likeness (QED) is 0.500. The van der Waals surface area contributed by atoms with Gasteiger partial charge in [-0.3, -0.25) is 9.69 Å². The highest BCUT2D eigenvalue weighted by atomic mass is 16.4. The molecule has 160 valence electrons. The van der Waals surface area contributed by atoms with Gasteiger partial charge in [0.2, 0.25) is 0 Å². The lowest BCUT2D eigenvalue weighted by Gasteiger charge is -2.23. The largest absolute Gasteiger partial charge is 0.422 e. The van der Waals surface area contributed by atoms with Crippen LogP contribution in [0.15, 0.2) is 51.7 Å². The molecular formula is C25H26N2O4. The average Bonchev–Trinajstić information content (AvgIpc) is 2.95. The Hall–Kier alpha value is -3.41. The van der Waals surface area contributed by atoms with Crippen molar-refractivity contribution < 1.29 is 14.0 Å². The summed E-state index contributed by atoms with van der Waals surface area (Å²) in [6, 6.07) is 12.4. The van der Waals surface area contributed by atoms with Crippen molar-refractivity contribution in [2.75, 3.05) is 0 Å². The zero-order chi connectivity index (χ0) is 22.5. The molecule has 0 bridgehead atoms. The Morgan fingerprint density at radius 1 is 1.03 bits per heavy atom. The van der Waals surface area contributed by atoms with Crippen LogP contribution in [0.1, 0.15) is 54.5 Å². The Morgan fingerprint density at radius 3 is 2.35 bits per heavy atom. The molecule has 0 saturated carbocycles. The molecule has 4 rings (SSSR count). The van der Waals surface area contributed by atoms with Crippen molar-refractivity contribution in [3.05, 3.63) is 80.7 Å². The molecule has 0 spiro atoms. The summed E-state index contributed by atoms with van der Waals surface area (Å²) in [5, 5.41) is 3.55. The molecule has 1 aromatic heterocycles. The lowest BCUT2D eigenvalue weighted by molar-refractivity contribution is -0.131. The van der Waals surface area contributed by atoms with Crippen LogP contribution >= 0.6 is 0 Å². The molecule has 1 saturated heterocycles. The van der Waals surface area contributed by atoms with Gasteiger partial charge in [0.15, 0.2) is 0 Å². The van der Waals surface area contributed by atoms with Crippen molar-refractivity contribution in [3.8, 4) is 0 Å². The third-order valence-electron chi connectivity index (χ3n) is 6.28. The van der Waals surface area contributed by atoms with Crippen LogP contribution in [0.2, 0.25) is 0 Å². The number of rotatable bonds is 4. The van der Waals surface area contributed by atoms with Gasteiger partial charge in [-0.15, -0.1) is 0 Å². The molecule has 0 unspecified atom stereocenters. The fraction of sp³-hybridized carbons (Fsp3) is 0.320. The molecule has 1 atom stereocenters. The minimum absolute atomic E-state index is 0.00502. The normalized spacial score (nSPS) is 18.8. The molecule has 2 heterocycles. The molecule has 6 heteroatoms. The third-order valence-corrected chi connectivity index (χ3v) is 6.28. The number of aryl methyl sites for hydroxylation is 2. The van der Waals surface area contributed by atoms with Gasteiger partial charge in [-0.2, -0.15) is 0 Å². The molecular weight excluding hydrogens is 392 g/mol. The van der Waals surface area contributed by atoms with Gasteiger partial charge in [0.25, 0.3) is 5.91 Å². The molecule has 1 aliphatic heterocycles. The number of urea groups is 1. The predicted octanol–water partition coefficient (Wildman–Crippen LogP) is 4.50. The molecule has 3 amide bonds. The van der Waals surface area contributed by atoms with Crippen molar-refractivity contribution in [1.29, 1.82) is 0 Å². The number of benzene rings is 2. The first-order valence-electron chi connectivity index (χ1n) is 10.4. The minimum atomic E-state index is -1.16. The Labute approximate surface area is 180 Å². The van der Waals surface area contributed by atoms with Crippen LogP contribution in [0.5, 0.6) is 0 Å². The number of amides is 3. The Kier molecular flexibility index (Phi) is 4.96. The Bertz CT molecular complexity index is 1260. The first-order valence-corrected chi connectivity index (χ1v) is 10.4. The van der Waals surface area contributed by atoms with Crippen LogP contribution in [0.4, 0.5) is 4.79 Å². The maximum Gasteiger partial charge on any atom is 0.336 e. The number of carbonyl (C=O) groups is 2. The average molecular weight is 418 g/mol. The van der Waals surface area contributed by atoms with E-state index in [0.717, 1.165) is 27.6 Å². The summed E-state index contributed by atoms with van der Waals surface area (Å²) >= 11 is 0. The van der Waals surface area contributed by atoms with E-state index in [-0.39, 0.29) is 12.5 Å². The van der Waals surface area contributed by atoms with Crippen molar-refractivity contribution in [2.24, 2.45) is 0 Å². The zero-order valence-corrected chi connectivity index (χ0v) is 18.4. The van der Waals surface area contributed by atoms with Crippen molar-refractivity contribution in [3.63, 3.8) is 0 Å². The summed E-state index contributed by atoms with van der Waals surface area (Å²) in [7, 11) is 0. The standard InChI is InChI=1S/C25H26N2O4/c1-14(2)17-7-9-19(10-8-17)25(5)23(29)27(24(30)26-25)13-18-12-21(28)31-22-16(4)15(3)6-11-20(18)22/h6-12,14H,13H2,1-5H3,(H,26,30)/t25-/m0/s1. The van der Waals surface area contributed by atoms with Crippen LogP contribution in [0.3, 0.4) is 0 Å². The Morgan fingerprint density at radius 2 is 1.71 bits per heavy atom.